The van der Waals surface area contributed by atoms with Crippen molar-refractivity contribution in [1.29, 1.82) is 0 Å². The Bertz CT molecular complexity index is 1120. The number of hydrogen-bond acceptors (Lipinski definition) is 4. The number of halogens is 2. The summed E-state index contributed by atoms with van der Waals surface area (Å²) >= 11 is 12.0. The van der Waals surface area contributed by atoms with Crippen LogP contribution in [-0.2, 0) is 26.5 Å². The smallest absolute Gasteiger partial charge is 0.263 e. The van der Waals surface area contributed by atoms with Crippen molar-refractivity contribution in [2.24, 2.45) is 0 Å². The van der Waals surface area contributed by atoms with E-state index in [1.54, 1.807) is 19.1 Å². The largest absolute Gasteiger partial charge is 0.280 e. The monoisotopic (exact) mass is 448 g/mol. The Balaban J connectivity index is 2.00. The lowest BCUT2D eigenvalue weighted by Crippen LogP contribution is -2.34. The maximum absolute atomic E-state index is 12.8. The topological polar surface area (TPSA) is 83.6 Å². The van der Waals surface area contributed by atoms with Crippen molar-refractivity contribution in [2.45, 2.75) is 24.7 Å². The first-order valence-electron chi connectivity index (χ1n) is 8.08. The molecule has 0 saturated carbocycles. The molecule has 0 aliphatic carbocycles. The maximum atomic E-state index is 12.8. The molecule has 2 aromatic rings. The third kappa shape index (κ3) is 4.18. The molecule has 0 radical (unpaired) electrons. The summed E-state index contributed by atoms with van der Waals surface area (Å²) in [5.74, 6) is 0. The molecule has 1 aliphatic rings. The van der Waals surface area contributed by atoms with E-state index in [-0.39, 0.29) is 15.6 Å². The van der Waals surface area contributed by atoms with Crippen LogP contribution in [0.1, 0.15) is 17.5 Å². The second-order valence-electron chi connectivity index (χ2n) is 6.42. The van der Waals surface area contributed by atoms with Gasteiger partial charge in [0.25, 0.3) is 10.0 Å². The van der Waals surface area contributed by atoms with Gasteiger partial charge in [0.15, 0.2) is 0 Å². The van der Waals surface area contributed by atoms with E-state index in [9.17, 15) is 16.8 Å². The number of rotatable bonds is 4. The highest BCUT2D eigenvalue weighted by molar-refractivity contribution is 7.93. The van der Waals surface area contributed by atoms with Crippen LogP contribution in [0.5, 0.6) is 0 Å². The van der Waals surface area contributed by atoms with Gasteiger partial charge >= 0.3 is 0 Å². The Labute approximate surface area is 169 Å². The summed E-state index contributed by atoms with van der Waals surface area (Å²) in [5.41, 5.74) is 2.18. The molecule has 10 heteroatoms. The van der Waals surface area contributed by atoms with Gasteiger partial charge in [-0.3, -0.25) is 9.03 Å². The van der Waals surface area contributed by atoms with Gasteiger partial charge in [0.05, 0.1) is 22.7 Å². The summed E-state index contributed by atoms with van der Waals surface area (Å²) in [4.78, 5) is -0.0937. The highest BCUT2D eigenvalue weighted by Crippen LogP contribution is 2.34. The summed E-state index contributed by atoms with van der Waals surface area (Å²) in [7, 11) is -7.42. The molecule has 0 spiro atoms. The van der Waals surface area contributed by atoms with E-state index in [2.05, 4.69) is 4.72 Å². The lowest BCUT2D eigenvalue weighted by molar-refractivity contribution is 0.592. The minimum absolute atomic E-state index is 0.00817. The molecular weight excluding hydrogens is 431 g/mol. The van der Waals surface area contributed by atoms with Crippen molar-refractivity contribution in [1.82, 2.24) is 0 Å². The van der Waals surface area contributed by atoms with Crippen molar-refractivity contribution in [3.63, 3.8) is 0 Å². The molecule has 0 bridgehead atoms. The molecule has 0 fully saturated rings. The number of benzene rings is 2. The second kappa shape index (κ2) is 7.16. The zero-order valence-corrected chi connectivity index (χ0v) is 17.8. The van der Waals surface area contributed by atoms with Crippen LogP contribution in [0.15, 0.2) is 35.2 Å². The van der Waals surface area contributed by atoms with Crippen LogP contribution in [0.3, 0.4) is 0 Å². The lowest BCUT2D eigenvalue weighted by atomic mass is 10.0. The highest BCUT2D eigenvalue weighted by atomic mass is 35.5. The van der Waals surface area contributed by atoms with Gasteiger partial charge in [0.2, 0.25) is 10.0 Å². The summed E-state index contributed by atoms with van der Waals surface area (Å²) in [6.45, 7) is 2.05. The molecular formula is C17H18Cl2N2O4S2. The fraction of sp³-hybridized carbons (Fsp3) is 0.294. The molecule has 0 unspecified atom stereocenters. The number of nitrogens with one attached hydrogen (secondary N) is 1. The van der Waals surface area contributed by atoms with Gasteiger partial charge in [0.1, 0.15) is 4.90 Å². The van der Waals surface area contributed by atoms with Gasteiger partial charge < -0.3 is 0 Å². The van der Waals surface area contributed by atoms with Crippen molar-refractivity contribution in [2.75, 3.05) is 21.8 Å². The van der Waals surface area contributed by atoms with E-state index in [1.807, 2.05) is 0 Å². The molecule has 1 heterocycles. The van der Waals surface area contributed by atoms with Crippen molar-refractivity contribution in [3.05, 3.63) is 51.5 Å². The van der Waals surface area contributed by atoms with E-state index in [0.717, 1.165) is 18.2 Å². The Kier molecular flexibility index (Phi) is 5.37. The third-order valence-corrected chi connectivity index (χ3v) is 7.75. The Hall–Kier alpha value is -1.48. The summed E-state index contributed by atoms with van der Waals surface area (Å²) < 4.78 is 53.4. The molecule has 0 saturated heterocycles. The fourth-order valence-corrected chi connectivity index (χ4v) is 5.87. The maximum Gasteiger partial charge on any atom is 0.263 e. The third-order valence-electron chi connectivity index (χ3n) is 4.32. The zero-order chi connectivity index (χ0) is 20.0. The quantitative estimate of drug-likeness (QED) is 0.770. The Morgan fingerprint density at radius 2 is 1.74 bits per heavy atom. The fourth-order valence-electron chi connectivity index (χ4n) is 3.00. The van der Waals surface area contributed by atoms with Gasteiger partial charge in [-0.05, 0) is 55.2 Å². The van der Waals surface area contributed by atoms with Crippen LogP contribution >= 0.6 is 23.2 Å². The number of aryl methyl sites for hydroxylation is 2. The molecule has 3 rings (SSSR count). The number of nitrogens with zero attached hydrogens (tertiary/aromatic N) is 1. The summed E-state index contributed by atoms with van der Waals surface area (Å²) in [6.07, 6.45) is 2.58. The number of sulfonamides is 2. The number of fused-ring (bicyclic) bond motifs is 1. The first kappa shape index (κ1) is 20.3. The predicted molar refractivity (Wildman–Crippen MR) is 109 cm³/mol. The van der Waals surface area contributed by atoms with Gasteiger partial charge in [-0.25, -0.2) is 16.8 Å². The van der Waals surface area contributed by atoms with Gasteiger partial charge in [-0.1, -0.05) is 29.3 Å². The van der Waals surface area contributed by atoms with Crippen LogP contribution in [-0.4, -0.2) is 29.6 Å². The second-order valence-corrected chi connectivity index (χ2v) is 10.8. The first-order valence-corrected chi connectivity index (χ1v) is 12.2. The van der Waals surface area contributed by atoms with Gasteiger partial charge in [-0.2, -0.15) is 0 Å². The Morgan fingerprint density at radius 1 is 1.04 bits per heavy atom. The van der Waals surface area contributed by atoms with Crippen molar-refractivity contribution < 1.29 is 16.8 Å². The average molecular weight is 449 g/mol. The summed E-state index contributed by atoms with van der Waals surface area (Å²) in [5, 5.41) is 0.380. The minimum atomic E-state index is -3.97. The van der Waals surface area contributed by atoms with E-state index in [1.165, 1.54) is 22.5 Å². The average Bonchev–Trinajstić information content (AvgIpc) is 2.56. The Morgan fingerprint density at radius 3 is 2.41 bits per heavy atom. The SMILES string of the molecule is Cc1cc(S(=O)(=O)Nc2ccc3c(c2)N(S(C)(=O)=O)CCC3)c(Cl)cc1Cl. The van der Waals surface area contributed by atoms with Crippen molar-refractivity contribution >= 4 is 54.6 Å². The van der Waals surface area contributed by atoms with Crippen LogP contribution in [0.2, 0.25) is 10.0 Å². The van der Waals surface area contributed by atoms with Crippen LogP contribution in [0.25, 0.3) is 0 Å². The molecule has 27 heavy (non-hydrogen) atoms. The normalized spacial score (nSPS) is 14.7. The molecule has 0 aromatic heterocycles. The van der Waals surface area contributed by atoms with Gasteiger partial charge in [0, 0.05) is 11.6 Å². The predicted octanol–water partition coefficient (Wildman–Crippen LogP) is 3.81. The molecule has 0 amide bonds. The molecule has 0 atom stereocenters. The standard InChI is InChI=1S/C17H18Cl2N2O4S2/c1-11-8-17(15(19)10-14(11)18)27(24,25)20-13-6-5-12-4-3-7-21(16(12)9-13)26(2,22)23/h5-6,8-10,20H,3-4,7H2,1-2H3. The van der Waals surface area contributed by atoms with Crippen LogP contribution in [0.4, 0.5) is 11.4 Å². The lowest BCUT2D eigenvalue weighted by Gasteiger charge is -2.29. The molecule has 1 aliphatic heterocycles. The van der Waals surface area contributed by atoms with Crippen molar-refractivity contribution in [3.8, 4) is 0 Å². The number of anilines is 2. The molecule has 146 valence electrons. The minimum Gasteiger partial charge on any atom is -0.280 e. The first-order chi connectivity index (χ1) is 12.5. The van der Waals surface area contributed by atoms with E-state index in [4.69, 9.17) is 23.2 Å². The van der Waals surface area contributed by atoms with E-state index in [0.29, 0.717) is 29.2 Å². The molecule has 6 nitrogen and oxygen atoms in total. The van der Waals surface area contributed by atoms with Crippen LogP contribution in [0, 0.1) is 6.92 Å². The van der Waals surface area contributed by atoms with Crippen LogP contribution < -0.4 is 9.03 Å². The molecule has 2 aromatic carbocycles. The number of hydrogen-bond donors (Lipinski definition) is 1. The van der Waals surface area contributed by atoms with E-state index < -0.39 is 20.0 Å². The highest BCUT2D eigenvalue weighted by Gasteiger charge is 2.25. The summed E-state index contributed by atoms with van der Waals surface area (Å²) in [6, 6.07) is 7.65. The zero-order valence-electron chi connectivity index (χ0n) is 14.7. The van der Waals surface area contributed by atoms with E-state index >= 15 is 0 Å². The molecule has 1 N–H and O–H groups in total. The van der Waals surface area contributed by atoms with Gasteiger partial charge in [-0.15, -0.1) is 0 Å².